The number of hydrogen-bond acceptors (Lipinski definition) is 5. The van der Waals surface area contributed by atoms with Gasteiger partial charge in [0.1, 0.15) is 0 Å². The van der Waals surface area contributed by atoms with Crippen LogP contribution in [-0.4, -0.2) is 50.3 Å². The Morgan fingerprint density at radius 3 is 2.90 bits per heavy atom. The highest BCUT2D eigenvalue weighted by atomic mass is 32.2. The predicted molar refractivity (Wildman–Crippen MR) is 85.4 cm³/mol. The molecule has 5 nitrogen and oxygen atoms in total. The Morgan fingerprint density at radius 1 is 1.52 bits per heavy atom. The Morgan fingerprint density at radius 2 is 2.24 bits per heavy atom. The van der Waals surface area contributed by atoms with Gasteiger partial charge < -0.3 is 4.74 Å². The van der Waals surface area contributed by atoms with E-state index in [-0.39, 0.29) is 17.8 Å². The molecular formula is C14H24N2O3S2. The number of sulfonamides is 1. The minimum atomic E-state index is -3.28. The van der Waals surface area contributed by atoms with Crippen LogP contribution < -0.4 is 0 Å². The van der Waals surface area contributed by atoms with Gasteiger partial charge in [0, 0.05) is 31.5 Å². The van der Waals surface area contributed by atoms with E-state index >= 15 is 0 Å². The van der Waals surface area contributed by atoms with Crippen molar-refractivity contribution in [2.75, 3.05) is 26.5 Å². The summed E-state index contributed by atoms with van der Waals surface area (Å²) in [6.07, 6.45) is 2.91. The number of aromatic nitrogens is 1. The van der Waals surface area contributed by atoms with Gasteiger partial charge in [-0.25, -0.2) is 17.7 Å². The van der Waals surface area contributed by atoms with Crippen LogP contribution in [0.1, 0.15) is 41.3 Å². The van der Waals surface area contributed by atoms with Crippen molar-refractivity contribution in [2.45, 2.75) is 45.1 Å². The minimum Gasteiger partial charge on any atom is -0.381 e. The monoisotopic (exact) mass is 332 g/mol. The summed E-state index contributed by atoms with van der Waals surface area (Å²) in [6, 6.07) is 0. The summed E-state index contributed by atoms with van der Waals surface area (Å²) in [4.78, 5) is 5.95. The molecule has 2 atom stereocenters. The van der Waals surface area contributed by atoms with Gasteiger partial charge in [0.05, 0.1) is 22.6 Å². The Bertz CT molecular complexity index is 583. The highest BCUT2D eigenvalue weighted by molar-refractivity contribution is 7.89. The number of aryl methyl sites for hydroxylation is 2. The van der Waals surface area contributed by atoms with Crippen LogP contribution in [0.15, 0.2) is 0 Å². The van der Waals surface area contributed by atoms with E-state index in [9.17, 15) is 8.42 Å². The van der Waals surface area contributed by atoms with Crippen molar-refractivity contribution in [3.8, 4) is 0 Å². The summed E-state index contributed by atoms with van der Waals surface area (Å²) >= 11 is 1.74. The predicted octanol–water partition coefficient (Wildman–Crippen LogP) is 2.17. The van der Waals surface area contributed by atoms with Crippen LogP contribution in [0.2, 0.25) is 0 Å². The van der Waals surface area contributed by atoms with Gasteiger partial charge in [0.2, 0.25) is 10.0 Å². The van der Waals surface area contributed by atoms with E-state index in [4.69, 9.17) is 4.74 Å². The van der Waals surface area contributed by atoms with Crippen molar-refractivity contribution in [3.63, 3.8) is 0 Å². The zero-order valence-electron chi connectivity index (χ0n) is 13.1. The zero-order chi connectivity index (χ0) is 15.6. The fraction of sp³-hybridized carbons (Fsp3) is 0.786. The summed E-state index contributed by atoms with van der Waals surface area (Å²) in [5, 5.41) is 1.07. The van der Waals surface area contributed by atoms with Crippen molar-refractivity contribution in [1.29, 1.82) is 0 Å². The molecule has 1 aliphatic carbocycles. The maximum atomic E-state index is 12.3. The number of likely N-dealkylation sites (N-methyl/N-ethyl adjacent to an activating group) is 1. The quantitative estimate of drug-likeness (QED) is 0.801. The maximum Gasteiger partial charge on any atom is 0.216 e. The molecule has 0 N–H and O–H groups in total. The lowest BCUT2D eigenvalue weighted by molar-refractivity contribution is 0.135. The number of fused-ring (bicyclic) bond motifs is 1. The minimum absolute atomic E-state index is 0.0235. The molecule has 0 amide bonds. The molecular weight excluding hydrogens is 308 g/mol. The number of hydrogen-bond donors (Lipinski definition) is 0. The summed E-state index contributed by atoms with van der Waals surface area (Å²) in [5.41, 5.74) is 1.12. The zero-order valence-corrected chi connectivity index (χ0v) is 14.8. The van der Waals surface area contributed by atoms with E-state index in [1.54, 1.807) is 25.3 Å². The lowest BCUT2D eigenvalue weighted by Crippen LogP contribution is -2.37. The van der Waals surface area contributed by atoms with E-state index in [0.717, 1.165) is 30.0 Å². The Balaban J connectivity index is 2.08. The fourth-order valence-electron chi connectivity index (χ4n) is 2.72. The van der Waals surface area contributed by atoms with Crippen LogP contribution in [-0.2, 0) is 21.2 Å². The largest absolute Gasteiger partial charge is 0.381 e. The van der Waals surface area contributed by atoms with Crippen LogP contribution in [0.25, 0.3) is 0 Å². The van der Waals surface area contributed by atoms with Gasteiger partial charge in [-0.05, 0) is 33.1 Å². The second kappa shape index (κ2) is 6.73. The van der Waals surface area contributed by atoms with Gasteiger partial charge in [0.15, 0.2) is 0 Å². The van der Waals surface area contributed by atoms with E-state index < -0.39 is 10.0 Å². The molecule has 0 bridgehead atoms. The number of nitrogens with zero attached hydrogens (tertiary/aromatic N) is 2. The van der Waals surface area contributed by atoms with Gasteiger partial charge in [-0.15, -0.1) is 11.3 Å². The average molecular weight is 332 g/mol. The molecule has 0 fully saturated rings. The van der Waals surface area contributed by atoms with Gasteiger partial charge in [-0.1, -0.05) is 0 Å². The molecule has 0 aromatic carbocycles. The third kappa shape index (κ3) is 4.03. The van der Waals surface area contributed by atoms with Crippen molar-refractivity contribution in [1.82, 2.24) is 9.29 Å². The Labute approximate surface area is 131 Å². The van der Waals surface area contributed by atoms with Gasteiger partial charge in [-0.2, -0.15) is 0 Å². The third-order valence-corrected chi connectivity index (χ3v) is 7.01. The normalized spacial score (nSPS) is 20.5. The fourth-order valence-corrected chi connectivity index (χ4v) is 5.18. The first-order valence-electron chi connectivity index (χ1n) is 7.26. The molecule has 0 spiro atoms. The summed E-state index contributed by atoms with van der Waals surface area (Å²) in [5.74, 6) is 0.242. The van der Waals surface area contributed by atoms with Crippen LogP contribution in [0.4, 0.5) is 0 Å². The lowest BCUT2D eigenvalue weighted by Gasteiger charge is -2.26. The maximum absolute atomic E-state index is 12.3. The van der Waals surface area contributed by atoms with Crippen LogP contribution in [0.5, 0.6) is 0 Å². The van der Waals surface area contributed by atoms with Crippen molar-refractivity contribution < 1.29 is 13.2 Å². The molecule has 120 valence electrons. The molecule has 1 aromatic heterocycles. The van der Waals surface area contributed by atoms with Crippen LogP contribution >= 0.6 is 11.3 Å². The number of rotatable bonds is 6. The third-order valence-electron chi connectivity index (χ3n) is 3.98. The standard InChI is InChI=1S/C14H24N2O3S2/c1-10(19-4)9-21(17,18)16(3)8-12-6-5-7-13-14(12)15-11(2)20-13/h10,12H,5-9H2,1-4H3/t10-,12-/m0/s1. The molecule has 21 heavy (non-hydrogen) atoms. The van der Waals surface area contributed by atoms with E-state index in [2.05, 4.69) is 4.98 Å². The smallest absolute Gasteiger partial charge is 0.216 e. The van der Waals surface area contributed by atoms with Gasteiger partial charge in [0.25, 0.3) is 0 Å². The lowest BCUT2D eigenvalue weighted by atomic mass is 9.91. The van der Waals surface area contributed by atoms with Crippen molar-refractivity contribution in [3.05, 3.63) is 15.6 Å². The first-order chi connectivity index (χ1) is 9.83. The number of thiazole rings is 1. The first-order valence-corrected chi connectivity index (χ1v) is 9.69. The Kier molecular flexibility index (Phi) is 5.40. The average Bonchev–Trinajstić information content (AvgIpc) is 2.79. The molecule has 0 saturated heterocycles. The molecule has 2 rings (SSSR count). The molecule has 1 aliphatic rings. The molecule has 1 heterocycles. The molecule has 0 unspecified atom stereocenters. The summed E-state index contributed by atoms with van der Waals surface area (Å²) in [6.45, 7) is 4.30. The molecule has 1 aromatic rings. The van der Waals surface area contributed by atoms with Gasteiger partial charge in [-0.3, -0.25) is 0 Å². The van der Waals surface area contributed by atoms with Crippen molar-refractivity contribution in [2.24, 2.45) is 0 Å². The SMILES string of the molecule is CO[C@@H](C)CS(=O)(=O)N(C)C[C@@H]1CCCc2sc(C)nc21. The second-order valence-corrected chi connectivity index (χ2v) is 9.14. The summed E-state index contributed by atoms with van der Waals surface area (Å²) < 4.78 is 31.2. The highest BCUT2D eigenvalue weighted by Gasteiger charge is 2.29. The Hall–Kier alpha value is -0.500. The molecule has 7 heteroatoms. The van der Waals surface area contributed by atoms with Crippen LogP contribution in [0, 0.1) is 6.92 Å². The molecule has 0 saturated carbocycles. The topological polar surface area (TPSA) is 59.5 Å². The highest BCUT2D eigenvalue weighted by Crippen LogP contribution is 2.35. The van der Waals surface area contributed by atoms with Crippen molar-refractivity contribution >= 4 is 21.4 Å². The second-order valence-electron chi connectivity index (χ2n) is 5.74. The number of methoxy groups -OCH3 is 1. The van der Waals surface area contributed by atoms with E-state index in [1.165, 1.54) is 16.3 Å². The van der Waals surface area contributed by atoms with E-state index in [0.29, 0.717) is 6.54 Å². The molecule has 0 radical (unpaired) electrons. The van der Waals surface area contributed by atoms with Gasteiger partial charge >= 0.3 is 0 Å². The van der Waals surface area contributed by atoms with E-state index in [1.807, 2.05) is 6.92 Å². The first kappa shape index (κ1) is 16.9. The number of ether oxygens (including phenoxy) is 1. The molecule has 0 aliphatic heterocycles. The summed E-state index contributed by atoms with van der Waals surface area (Å²) in [7, 11) is -0.0914. The van der Waals surface area contributed by atoms with Crippen LogP contribution in [0.3, 0.4) is 0 Å².